The SMILES string of the molecule is CC/C=C\CC[C@H]1O[C@@H](CO)[C@H](C)[C@@H](OCc2ccccc2)[C@@H]1OCc1ccccc1. The first-order valence-electron chi connectivity index (χ1n) is 11.4. The Morgan fingerprint density at radius 1 is 0.839 bits per heavy atom. The summed E-state index contributed by atoms with van der Waals surface area (Å²) in [6.07, 6.45) is 6.43. The topological polar surface area (TPSA) is 47.9 Å². The van der Waals surface area contributed by atoms with Gasteiger partial charge >= 0.3 is 0 Å². The highest BCUT2D eigenvalue weighted by atomic mass is 16.6. The molecule has 31 heavy (non-hydrogen) atoms. The second-order valence-corrected chi connectivity index (χ2v) is 8.23. The summed E-state index contributed by atoms with van der Waals surface area (Å²) in [4.78, 5) is 0. The fraction of sp³-hybridized carbons (Fsp3) is 0.481. The van der Waals surface area contributed by atoms with Gasteiger partial charge in [0.15, 0.2) is 0 Å². The molecule has 2 aromatic carbocycles. The van der Waals surface area contributed by atoms with Crippen LogP contribution in [0.25, 0.3) is 0 Å². The molecule has 1 saturated heterocycles. The number of allylic oxidation sites excluding steroid dienone is 2. The van der Waals surface area contributed by atoms with Gasteiger partial charge in [0.1, 0.15) is 6.10 Å². The molecular weight excluding hydrogens is 388 g/mol. The molecule has 1 N–H and O–H groups in total. The van der Waals surface area contributed by atoms with Gasteiger partial charge in [-0.3, -0.25) is 0 Å². The molecule has 0 bridgehead atoms. The van der Waals surface area contributed by atoms with Crippen LogP contribution in [-0.4, -0.2) is 36.1 Å². The van der Waals surface area contributed by atoms with Gasteiger partial charge in [-0.1, -0.05) is 86.7 Å². The number of hydrogen-bond donors (Lipinski definition) is 1. The molecule has 4 heteroatoms. The number of aliphatic hydroxyl groups is 1. The van der Waals surface area contributed by atoms with Crippen molar-refractivity contribution in [3.05, 3.63) is 83.9 Å². The Morgan fingerprint density at radius 3 is 1.97 bits per heavy atom. The average Bonchev–Trinajstić information content (AvgIpc) is 2.82. The Labute approximate surface area is 186 Å². The summed E-state index contributed by atoms with van der Waals surface area (Å²) in [6.45, 7) is 5.23. The summed E-state index contributed by atoms with van der Waals surface area (Å²) in [5.41, 5.74) is 2.26. The zero-order valence-electron chi connectivity index (χ0n) is 18.7. The lowest BCUT2D eigenvalue weighted by Crippen LogP contribution is -2.56. The largest absolute Gasteiger partial charge is 0.394 e. The van der Waals surface area contributed by atoms with E-state index in [0.29, 0.717) is 13.2 Å². The van der Waals surface area contributed by atoms with E-state index < -0.39 is 0 Å². The van der Waals surface area contributed by atoms with E-state index >= 15 is 0 Å². The van der Waals surface area contributed by atoms with Gasteiger partial charge in [0.25, 0.3) is 0 Å². The van der Waals surface area contributed by atoms with Gasteiger partial charge in [0.05, 0.1) is 38.1 Å². The molecule has 0 aromatic heterocycles. The molecule has 4 nitrogen and oxygen atoms in total. The quantitative estimate of drug-likeness (QED) is 0.497. The lowest BCUT2D eigenvalue weighted by molar-refractivity contribution is -0.238. The second kappa shape index (κ2) is 12.8. The molecule has 0 spiro atoms. The smallest absolute Gasteiger partial charge is 0.111 e. The van der Waals surface area contributed by atoms with Gasteiger partial charge in [0.2, 0.25) is 0 Å². The van der Waals surface area contributed by atoms with Crippen molar-refractivity contribution in [2.45, 2.75) is 70.7 Å². The predicted molar refractivity (Wildman–Crippen MR) is 124 cm³/mol. The molecule has 2 aromatic rings. The highest BCUT2D eigenvalue weighted by Gasteiger charge is 2.44. The number of aliphatic hydroxyl groups excluding tert-OH is 1. The van der Waals surface area contributed by atoms with Crippen molar-refractivity contribution in [1.29, 1.82) is 0 Å². The molecule has 0 amide bonds. The highest BCUT2D eigenvalue weighted by molar-refractivity contribution is 5.14. The first-order valence-corrected chi connectivity index (χ1v) is 11.4. The van der Waals surface area contributed by atoms with Crippen LogP contribution in [0.5, 0.6) is 0 Å². The van der Waals surface area contributed by atoms with Crippen molar-refractivity contribution in [2.75, 3.05) is 6.61 Å². The number of ether oxygens (including phenoxy) is 3. The Morgan fingerprint density at radius 2 is 1.42 bits per heavy atom. The van der Waals surface area contributed by atoms with Crippen molar-refractivity contribution >= 4 is 0 Å². The van der Waals surface area contributed by atoms with Crippen LogP contribution in [0.4, 0.5) is 0 Å². The molecule has 0 unspecified atom stereocenters. The van der Waals surface area contributed by atoms with Gasteiger partial charge < -0.3 is 19.3 Å². The Balaban J connectivity index is 1.76. The van der Waals surface area contributed by atoms with E-state index in [9.17, 15) is 5.11 Å². The summed E-state index contributed by atoms with van der Waals surface area (Å²) in [5, 5.41) is 9.95. The monoisotopic (exact) mass is 424 g/mol. The third kappa shape index (κ3) is 7.01. The van der Waals surface area contributed by atoms with Crippen LogP contribution in [-0.2, 0) is 27.4 Å². The zero-order valence-corrected chi connectivity index (χ0v) is 18.7. The normalized spacial score (nSPS) is 26.4. The maximum absolute atomic E-state index is 9.95. The van der Waals surface area contributed by atoms with E-state index in [-0.39, 0.29) is 36.9 Å². The summed E-state index contributed by atoms with van der Waals surface area (Å²) in [6, 6.07) is 20.4. The van der Waals surface area contributed by atoms with Gasteiger partial charge in [-0.25, -0.2) is 0 Å². The fourth-order valence-electron chi connectivity index (χ4n) is 4.12. The Bertz CT molecular complexity index is 761. The molecule has 1 heterocycles. The van der Waals surface area contributed by atoms with Crippen molar-refractivity contribution in [3.8, 4) is 0 Å². The van der Waals surface area contributed by atoms with Crippen LogP contribution in [0, 0.1) is 5.92 Å². The first-order chi connectivity index (χ1) is 15.2. The predicted octanol–water partition coefficient (Wildman–Crippen LogP) is 5.30. The molecule has 1 fully saturated rings. The summed E-state index contributed by atoms with van der Waals surface area (Å²) in [5.74, 6) is 0.0249. The van der Waals surface area contributed by atoms with Crippen LogP contribution in [0.1, 0.15) is 44.2 Å². The molecule has 3 rings (SSSR count). The summed E-state index contributed by atoms with van der Waals surface area (Å²) < 4.78 is 19.2. The van der Waals surface area contributed by atoms with Crippen molar-refractivity contribution in [2.24, 2.45) is 5.92 Å². The van der Waals surface area contributed by atoms with Crippen molar-refractivity contribution in [1.82, 2.24) is 0 Å². The van der Waals surface area contributed by atoms with E-state index in [0.717, 1.165) is 30.4 Å². The average molecular weight is 425 g/mol. The van der Waals surface area contributed by atoms with E-state index in [1.54, 1.807) is 0 Å². The Kier molecular flexibility index (Phi) is 9.76. The standard InChI is InChI=1S/C27H36O4/c1-3-4-5-12-17-24-27(30-20-23-15-10-7-11-16-23)26(21(2)25(18-28)31-24)29-19-22-13-8-6-9-14-22/h4-11,13-16,21,24-28H,3,12,17-20H2,1-2H3/b5-4-/t21-,24+,25-,26+,27+/m0/s1. The number of benzene rings is 2. The van der Waals surface area contributed by atoms with E-state index in [1.165, 1.54) is 0 Å². The van der Waals surface area contributed by atoms with Crippen LogP contribution in [0.3, 0.4) is 0 Å². The number of rotatable bonds is 11. The maximum Gasteiger partial charge on any atom is 0.111 e. The third-order valence-corrected chi connectivity index (χ3v) is 5.92. The van der Waals surface area contributed by atoms with Gasteiger partial charge in [-0.05, 0) is 30.4 Å². The molecule has 0 aliphatic carbocycles. The molecule has 1 aliphatic rings. The van der Waals surface area contributed by atoms with Crippen molar-refractivity contribution in [3.63, 3.8) is 0 Å². The van der Waals surface area contributed by atoms with Crippen molar-refractivity contribution < 1.29 is 19.3 Å². The highest BCUT2D eigenvalue weighted by Crippen LogP contribution is 2.33. The first kappa shape index (κ1) is 23.7. The van der Waals surface area contributed by atoms with Crippen LogP contribution >= 0.6 is 0 Å². The lowest BCUT2D eigenvalue weighted by Gasteiger charge is -2.45. The second-order valence-electron chi connectivity index (χ2n) is 8.23. The molecule has 1 aliphatic heterocycles. The van der Waals surface area contributed by atoms with Gasteiger partial charge in [0, 0.05) is 5.92 Å². The van der Waals surface area contributed by atoms with Gasteiger partial charge in [-0.2, -0.15) is 0 Å². The minimum absolute atomic E-state index is 0.0148. The molecular formula is C27H36O4. The summed E-state index contributed by atoms with van der Waals surface area (Å²) >= 11 is 0. The van der Waals surface area contributed by atoms with Gasteiger partial charge in [-0.15, -0.1) is 0 Å². The maximum atomic E-state index is 9.95. The van der Waals surface area contributed by atoms with E-state index in [2.05, 4.69) is 50.3 Å². The van der Waals surface area contributed by atoms with Crippen LogP contribution in [0.15, 0.2) is 72.8 Å². The third-order valence-electron chi connectivity index (χ3n) is 5.92. The molecule has 0 saturated carbocycles. The molecule has 5 atom stereocenters. The van der Waals surface area contributed by atoms with E-state index in [1.807, 2.05) is 36.4 Å². The van der Waals surface area contributed by atoms with Crippen LogP contribution in [0.2, 0.25) is 0 Å². The lowest BCUT2D eigenvalue weighted by atomic mass is 9.86. The fourth-order valence-corrected chi connectivity index (χ4v) is 4.12. The minimum Gasteiger partial charge on any atom is -0.394 e. The van der Waals surface area contributed by atoms with Crippen LogP contribution < -0.4 is 0 Å². The molecule has 0 radical (unpaired) electrons. The summed E-state index contributed by atoms with van der Waals surface area (Å²) in [7, 11) is 0. The number of hydrogen-bond acceptors (Lipinski definition) is 4. The zero-order chi connectivity index (χ0) is 21.9. The van der Waals surface area contributed by atoms with E-state index in [4.69, 9.17) is 14.2 Å². The Hall–Kier alpha value is -1.98. The minimum atomic E-state index is -0.252. The molecule has 168 valence electrons.